The molecule has 0 aliphatic rings. The topological polar surface area (TPSA) is 49.7 Å². The van der Waals surface area contributed by atoms with Crippen molar-refractivity contribution in [3.05, 3.63) is 12.2 Å². The Morgan fingerprint density at radius 1 is 0.750 bits per heavy atom. The van der Waals surface area contributed by atoms with E-state index in [1.165, 1.54) is 83.5 Å². The van der Waals surface area contributed by atoms with Gasteiger partial charge in [-0.1, -0.05) is 76.9 Å². The molecule has 0 bridgehead atoms. The van der Waals surface area contributed by atoms with Crippen LogP contribution in [0.15, 0.2) is 12.2 Å². The minimum Gasteiger partial charge on any atom is -0.394 e. The molecule has 0 heterocycles. The van der Waals surface area contributed by atoms with Crippen molar-refractivity contribution in [2.24, 2.45) is 0 Å². The highest BCUT2D eigenvalue weighted by Crippen LogP contribution is 2.10. The average molecular weight is 343 g/mol. The molecule has 1 unspecified atom stereocenters. The van der Waals surface area contributed by atoms with Gasteiger partial charge in [-0.3, -0.25) is 0 Å². The Bertz CT molecular complexity index is 253. The molecule has 3 heteroatoms. The fourth-order valence-electron chi connectivity index (χ4n) is 2.72. The standard InChI is InChI=1S/C21H42O3/c1-2-3-4-5-6-7-8-9-10-11-12-13-14-15-16-17-18-24-20-21(23)19-22/h7-8,21-23H,2-6,9-20H2,1H3. The van der Waals surface area contributed by atoms with Crippen LogP contribution in [0.5, 0.6) is 0 Å². The molecule has 0 aromatic heterocycles. The summed E-state index contributed by atoms with van der Waals surface area (Å²) in [4.78, 5) is 0. The lowest BCUT2D eigenvalue weighted by Crippen LogP contribution is -2.19. The zero-order chi connectivity index (χ0) is 17.7. The third-order valence-electron chi connectivity index (χ3n) is 4.32. The average Bonchev–Trinajstić information content (AvgIpc) is 2.60. The van der Waals surface area contributed by atoms with Crippen molar-refractivity contribution < 1.29 is 14.9 Å². The molecule has 0 fully saturated rings. The second-order valence-electron chi connectivity index (χ2n) is 6.85. The van der Waals surface area contributed by atoms with Crippen LogP contribution < -0.4 is 0 Å². The molecule has 0 radical (unpaired) electrons. The molecular formula is C21H42O3. The lowest BCUT2D eigenvalue weighted by atomic mass is 10.1. The minimum absolute atomic E-state index is 0.214. The summed E-state index contributed by atoms with van der Waals surface area (Å²) in [6, 6.07) is 0. The van der Waals surface area contributed by atoms with Gasteiger partial charge < -0.3 is 14.9 Å². The van der Waals surface area contributed by atoms with Gasteiger partial charge in [-0.15, -0.1) is 0 Å². The highest BCUT2D eigenvalue weighted by molar-refractivity contribution is 4.81. The zero-order valence-electron chi connectivity index (χ0n) is 16.1. The molecule has 3 nitrogen and oxygen atoms in total. The first-order valence-corrected chi connectivity index (χ1v) is 10.3. The summed E-state index contributed by atoms with van der Waals surface area (Å²) in [5.74, 6) is 0. The second-order valence-corrected chi connectivity index (χ2v) is 6.85. The molecule has 0 rings (SSSR count). The summed E-state index contributed by atoms with van der Waals surface area (Å²) in [5, 5.41) is 17.8. The van der Waals surface area contributed by atoms with Crippen LogP contribution >= 0.6 is 0 Å². The maximum Gasteiger partial charge on any atom is 0.100 e. The van der Waals surface area contributed by atoms with Crippen LogP contribution in [-0.2, 0) is 4.74 Å². The zero-order valence-corrected chi connectivity index (χ0v) is 16.1. The van der Waals surface area contributed by atoms with Crippen LogP contribution in [0.3, 0.4) is 0 Å². The van der Waals surface area contributed by atoms with Crippen molar-refractivity contribution in [2.75, 3.05) is 19.8 Å². The van der Waals surface area contributed by atoms with E-state index in [0.717, 1.165) is 6.42 Å². The Morgan fingerprint density at radius 2 is 1.25 bits per heavy atom. The van der Waals surface area contributed by atoms with Crippen molar-refractivity contribution in [3.63, 3.8) is 0 Å². The summed E-state index contributed by atoms with van der Waals surface area (Å²) in [5.41, 5.74) is 0. The van der Waals surface area contributed by atoms with Gasteiger partial charge in [-0.05, 0) is 32.1 Å². The molecule has 0 aliphatic heterocycles. The molecule has 0 saturated heterocycles. The molecule has 2 N–H and O–H groups in total. The normalized spacial score (nSPS) is 13.0. The fourth-order valence-corrected chi connectivity index (χ4v) is 2.72. The van der Waals surface area contributed by atoms with Crippen molar-refractivity contribution >= 4 is 0 Å². The molecular weight excluding hydrogens is 300 g/mol. The highest BCUT2D eigenvalue weighted by Gasteiger charge is 2.00. The van der Waals surface area contributed by atoms with Crippen LogP contribution in [-0.4, -0.2) is 36.1 Å². The third kappa shape index (κ3) is 19.7. The van der Waals surface area contributed by atoms with E-state index < -0.39 is 6.10 Å². The number of aliphatic hydroxyl groups excluding tert-OH is 2. The SMILES string of the molecule is CCCCCCC=CCCCCCCCCCCOCC(O)CO. The fraction of sp³-hybridized carbons (Fsp3) is 0.905. The third-order valence-corrected chi connectivity index (χ3v) is 4.32. The molecule has 24 heavy (non-hydrogen) atoms. The maximum absolute atomic E-state index is 9.11. The van der Waals surface area contributed by atoms with E-state index >= 15 is 0 Å². The Kier molecular flexibility index (Phi) is 20.3. The summed E-state index contributed by atoms with van der Waals surface area (Å²) in [6.07, 6.45) is 22.3. The van der Waals surface area contributed by atoms with E-state index in [2.05, 4.69) is 19.1 Å². The van der Waals surface area contributed by atoms with E-state index in [9.17, 15) is 0 Å². The van der Waals surface area contributed by atoms with Crippen LogP contribution in [0.25, 0.3) is 0 Å². The van der Waals surface area contributed by atoms with E-state index in [-0.39, 0.29) is 13.2 Å². The van der Waals surface area contributed by atoms with Crippen LogP contribution in [0.4, 0.5) is 0 Å². The van der Waals surface area contributed by atoms with Gasteiger partial charge in [0.15, 0.2) is 0 Å². The molecule has 144 valence electrons. The van der Waals surface area contributed by atoms with Crippen molar-refractivity contribution in [2.45, 2.75) is 103 Å². The second kappa shape index (κ2) is 20.7. The number of unbranched alkanes of at least 4 members (excludes halogenated alkanes) is 12. The lowest BCUT2D eigenvalue weighted by Gasteiger charge is -2.07. The van der Waals surface area contributed by atoms with Crippen molar-refractivity contribution in [3.8, 4) is 0 Å². The van der Waals surface area contributed by atoms with E-state index in [0.29, 0.717) is 6.61 Å². The molecule has 0 aromatic carbocycles. The largest absolute Gasteiger partial charge is 0.394 e. The van der Waals surface area contributed by atoms with Gasteiger partial charge in [0.2, 0.25) is 0 Å². The Morgan fingerprint density at radius 3 is 1.79 bits per heavy atom. The van der Waals surface area contributed by atoms with Crippen molar-refractivity contribution in [1.29, 1.82) is 0 Å². The van der Waals surface area contributed by atoms with Crippen LogP contribution in [0.2, 0.25) is 0 Å². The quantitative estimate of drug-likeness (QED) is 0.244. The molecule has 0 aliphatic carbocycles. The molecule has 1 atom stereocenters. The van der Waals surface area contributed by atoms with Gasteiger partial charge in [0.1, 0.15) is 6.10 Å². The van der Waals surface area contributed by atoms with Gasteiger partial charge in [0.05, 0.1) is 13.2 Å². The summed E-state index contributed by atoms with van der Waals surface area (Å²) in [6.45, 7) is 3.00. The van der Waals surface area contributed by atoms with Crippen LogP contribution in [0.1, 0.15) is 96.8 Å². The maximum atomic E-state index is 9.11. The first-order valence-electron chi connectivity index (χ1n) is 10.3. The van der Waals surface area contributed by atoms with E-state index in [1.807, 2.05) is 0 Å². The molecule has 0 aromatic rings. The number of aliphatic hydroxyl groups is 2. The lowest BCUT2D eigenvalue weighted by molar-refractivity contribution is 0.00526. The Balaban J connectivity index is 3.06. The number of rotatable bonds is 19. The van der Waals surface area contributed by atoms with Gasteiger partial charge in [-0.25, -0.2) is 0 Å². The number of hydrogen-bond donors (Lipinski definition) is 2. The monoisotopic (exact) mass is 342 g/mol. The van der Waals surface area contributed by atoms with Crippen molar-refractivity contribution in [1.82, 2.24) is 0 Å². The van der Waals surface area contributed by atoms with Gasteiger partial charge in [0.25, 0.3) is 0 Å². The Hall–Kier alpha value is -0.380. The molecule has 0 amide bonds. The molecule has 0 spiro atoms. The smallest absolute Gasteiger partial charge is 0.100 e. The van der Waals surface area contributed by atoms with Gasteiger partial charge >= 0.3 is 0 Å². The summed E-state index contributed by atoms with van der Waals surface area (Å²) >= 11 is 0. The number of ether oxygens (including phenoxy) is 1. The predicted molar refractivity (Wildman–Crippen MR) is 103 cm³/mol. The highest BCUT2D eigenvalue weighted by atomic mass is 16.5. The first-order chi connectivity index (χ1) is 11.8. The van der Waals surface area contributed by atoms with Crippen LogP contribution in [0, 0.1) is 0 Å². The van der Waals surface area contributed by atoms with E-state index in [4.69, 9.17) is 14.9 Å². The molecule has 0 saturated carbocycles. The first kappa shape index (κ1) is 23.6. The number of allylic oxidation sites excluding steroid dienone is 2. The number of hydrogen-bond acceptors (Lipinski definition) is 3. The minimum atomic E-state index is -0.721. The van der Waals surface area contributed by atoms with E-state index in [1.54, 1.807) is 0 Å². The predicted octanol–water partition coefficient (Wildman–Crippen LogP) is 5.39. The van der Waals surface area contributed by atoms with Gasteiger partial charge in [-0.2, -0.15) is 0 Å². The van der Waals surface area contributed by atoms with Gasteiger partial charge in [0, 0.05) is 6.61 Å². The Labute approximate surface area is 150 Å². The summed E-state index contributed by atoms with van der Waals surface area (Å²) < 4.78 is 5.29. The summed E-state index contributed by atoms with van der Waals surface area (Å²) in [7, 11) is 0.